The van der Waals surface area contributed by atoms with Gasteiger partial charge in [-0.05, 0) is 79.6 Å². The van der Waals surface area contributed by atoms with Crippen LogP contribution in [0.25, 0.3) is 10.8 Å². The number of carbonyl (C=O) groups is 2. The molecule has 2 unspecified atom stereocenters. The molecule has 8 nitrogen and oxygen atoms in total. The first kappa shape index (κ1) is 32.7. The van der Waals surface area contributed by atoms with Crippen molar-refractivity contribution in [1.29, 1.82) is 0 Å². The Balaban J connectivity index is 1.44. The molecule has 0 spiro atoms. The molecule has 0 N–H and O–H groups in total. The number of esters is 2. The summed E-state index contributed by atoms with van der Waals surface area (Å²) in [5.74, 6) is 1.50. The molecule has 0 aliphatic heterocycles. The number of hydrogen-bond acceptors (Lipinski definition) is 8. The lowest BCUT2D eigenvalue weighted by Gasteiger charge is -2.21. The number of para-hydroxylation sites is 2. The molecule has 0 saturated heterocycles. The zero-order chi connectivity index (χ0) is 32.2. The molecule has 0 bridgehead atoms. The normalized spacial score (nSPS) is 12.0. The lowest BCUT2D eigenvalue weighted by atomic mass is 10.0. The summed E-state index contributed by atoms with van der Waals surface area (Å²) < 4.78 is 35.0. The number of ether oxygens (including phenoxy) is 6. The molecule has 0 aromatic heterocycles. The largest absolute Gasteiger partial charge is 0.490 e. The number of hydrogen-bond donors (Lipinski definition) is 0. The number of rotatable bonds is 16. The van der Waals surface area contributed by atoms with Gasteiger partial charge in [0.15, 0.2) is 12.2 Å². The van der Waals surface area contributed by atoms with Gasteiger partial charge < -0.3 is 28.4 Å². The maximum atomic E-state index is 12.3. The average Bonchev–Trinajstić information content (AvgIpc) is 3.05. The summed E-state index contributed by atoms with van der Waals surface area (Å²) in [4.78, 5) is 24.5. The van der Waals surface area contributed by atoms with Gasteiger partial charge in [0.2, 0.25) is 0 Å². The predicted octanol–water partition coefficient (Wildman–Crippen LogP) is 7.04. The third-order valence-electron chi connectivity index (χ3n) is 6.68. The summed E-state index contributed by atoms with van der Waals surface area (Å²) in [7, 11) is 0. The standard InChI is InChI=1S/C37H38O8/c1-25(2)36(38)44-32(21-40-29-12-8-6-9-13-29)23-42-31-18-16-28-17-19-35(27(5)34(28)20-31)43-24-33(45-37(39)26(3)4)22-41-30-14-10-7-11-15-30/h6-20,32-33H,1,3,21-24H2,2,4-5H3. The molecule has 4 aromatic carbocycles. The number of carbonyl (C=O) groups excluding carboxylic acids is 2. The van der Waals surface area contributed by atoms with E-state index in [4.69, 9.17) is 28.4 Å². The second-order valence-corrected chi connectivity index (χ2v) is 10.6. The maximum absolute atomic E-state index is 12.3. The second-order valence-electron chi connectivity index (χ2n) is 10.6. The molecular formula is C37H38O8. The average molecular weight is 611 g/mol. The number of benzene rings is 4. The van der Waals surface area contributed by atoms with Crippen LogP contribution in [0.4, 0.5) is 0 Å². The molecule has 45 heavy (non-hydrogen) atoms. The smallest absolute Gasteiger partial charge is 0.333 e. The summed E-state index contributed by atoms with van der Waals surface area (Å²) >= 11 is 0. The van der Waals surface area contributed by atoms with Crippen LogP contribution in [0.3, 0.4) is 0 Å². The third kappa shape index (κ3) is 9.89. The summed E-state index contributed by atoms with van der Waals surface area (Å²) in [5, 5.41) is 1.90. The molecule has 4 rings (SSSR count). The SMILES string of the molecule is C=C(C)C(=O)OC(COc1ccccc1)COc1ccc2ccc(OCC(COc3ccccc3)OC(=O)C(=C)C)c(C)c2c1. The van der Waals surface area contributed by atoms with E-state index in [0.29, 0.717) is 23.0 Å². The lowest BCUT2D eigenvalue weighted by Crippen LogP contribution is -2.31. The summed E-state index contributed by atoms with van der Waals surface area (Å²) in [6.45, 7) is 12.8. The maximum Gasteiger partial charge on any atom is 0.333 e. The zero-order valence-electron chi connectivity index (χ0n) is 25.8. The zero-order valence-corrected chi connectivity index (χ0v) is 25.8. The molecule has 2 atom stereocenters. The minimum Gasteiger partial charge on any atom is -0.490 e. The Morgan fingerprint density at radius 3 is 1.53 bits per heavy atom. The fraction of sp³-hybridized carbons (Fsp3) is 0.243. The highest BCUT2D eigenvalue weighted by Crippen LogP contribution is 2.30. The van der Waals surface area contributed by atoms with Gasteiger partial charge in [0.1, 0.15) is 49.4 Å². The highest BCUT2D eigenvalue weighted by atomic mass is 16.6. The van der Waals surface area contributed by atoms with Crippen LogP contribution in [0.1, 0.15) is 19.4 Å². The van der Waals surface area contributed by atoms with E-state index in [-0.39, 0.29) is 37.6 Å². The third-order valence-corrected chi connectivity index (χ3v) is 6.68. The first-order chi connectivity index (χ1) is 21.7. The Kier molecular flexibility index (Phi) is 11.6. The van der Waals surface area contributed by atoms with Crippen molar-refractivity contribution >= 4 is 22.7 Å². The Morgan fingerprint density at radius 2 is 1.04 bits per heavy atom. The molecule has 0 heterocycles. The van der Waals surface area contributed by atoms with Crippen LogP contribution in [0, 0.1) is 6.92 Å². The molecule has 0 fully saturated rings. The first-order valence-electron chi connectivity index (χ1n) is 14.6. The van der Waals surface area contributed by atoms with Gasteiger partial charge in [0, 0.05) is 11.1 Å². The minimum absolute atomic E-state index is 0.0732. The van der Waals surface area contributed by atoms with Gasteiger partial charge in [-0.25, -0.2) is 9.59 Å². The van der Waals surface area contributed by atoms with Crippen LogP contribution in [-0.4, -0.2) is 50.6 Å². The predicted molar refractivity (Wildman–Crippen MR) is 173 cm³/mol. The highest BCUT2D eigenvalue weighted by Gasteiger charge is 2.20. The van der Waals surface area contributed by atoms with Crippen molar-refractivity contribution in [2.75, 3.05) is 26.4 Å². The van der Waals surface area contributed by atoms with Crippen molar-refractivity contribution in [2.45, 2.75) is 33.0 Å². The molecule has 0 saturated carbocycles. The van der Waals surface area contributed by atoms with Crippen molar-refractivity contribution in [3.63, 3.8) is 0 Å². The van der Waals surface area contributed by atoms with E-state index in [2.05, 4.69) is 13.2 Å². The summed E-state index contributed by atoms with van der Waals surface area (Å²) in [6.07, 6.45) is -1.34. The Bertz CT molecular complexity index is 1610. The van der Waals surface area contributed by atoms with E-state index in [9.17, 15) is 9.59 Å². The number of aryl methyl sites for hydroxylation is 1. The first-order valence-corrected chi connectivity index (χ1v) is 14.6. The molecule has 234 valence electrons. The highest BCUT2D eigenvalue weighted by molar-refractivity contribution is 5.89. The molecule has 8 heteroatoms. The minimum atomic E-state index is -0.670. The molecule has 0 aliphatic rings. The molecular weight excluding hydrogens is 572 g/mol. The van der Waals surface area contributed by atoms with E-state index in [1.54, 1.807) is 13.8 Å². The van der Waals surface area contributed by atoms with Gasteiger partial charge in [-0.2, -0.15) is 0 Å². The second kappa shape index (κ2) is 16.0. The van der Waals surface area contributed by atoms with Crippen molar-refractivity contribution in [3.8, 4) is 23.0 Å². The van der Waals surface area contributed by atoms with E-state index in [1.807, 2.05) is 97.9 Å². The fourth-order valence-electron chi connectivity index (χ4n) is 4.19. The van der Waals surface area contributed by atoms with Gasteiger partial charge >= 0.3 is 11.9 Å². The Labute approximate surface area is 263 Å². The molecule has 0 amide bonds. The van der Waals surface area contributed by atoms with Gasteiger partial charge in [0.25, 0.3) is 0 Å². The monoisotopic (exact) mass is 610 g/mol. The van der Waals surface area contributed by atoms with E-state index in [0.717, 1.165) is 16.3 Å². The van der Waals surface area contributed by atoms with Crippen LogP contribution in [0.15, 0.2) is 115 Å². The molecule has 4 aromatic rings. The van der Waals surface area contributed by atoms with Crippen molar-refractivity contribution in [2.24, 2.45) is 0 Å². The summed E-state index contributed by atoms with van der Waals surface area (Å²) in [6, 6.07) is 28.1. The molecule has 0 aliphatic carbocycles. The summed E-state index contributed by atoms with van der Waals surface area (Å²) in [5.41, 5.74) is 1.46. The Morgan fingerprint density at radius 1 is 0.600 bits per heavy atom. The van der Waals surface area contributed by atoms with Gasteiger partial charge in [-0.3, -0.25) is 0 Å². The van der Waals surface area contributed by atoms with Crippen LogP contribution in [-0.2, 0) is 19.1 Å². The van der Waals surface area contributed by atoms with Crippen LogP contribution in [0.2, 0.25) is 0 Å². The van der Waals surface area contributed by atoms with E-state index >= 15 is 0 Å². The van der Waals surface area contributed by atoms with Crippen LogP contribution in [0.5, 0.6) is 23.0 Å². The number of fused-ring (bicyclic) bond motifs is 1. The quantitative estimate of drug-likeness (QED) is 0.0986. The van der Waals surface area contributed by atoms with E-state index < -0.39 is 24.1 Å². The molecule has 0 radical (unpaired) electrons. The van der Waals surface area contributed by atoms with Gasteiger partial charge in [-0.15, -0.1) is 0 Å². The van der Waals surface area contributed by atoms with Crippen LogP contribution < -0.4 is 18.9 Å². The van der Waals surface area contributed by atoms with Gasteiger partial charge in [-0.1, -0.05) is 61.7 Å². The van der Waals surface area contributed by atoms with Crippen LogP contribution >= 0.6 is 0 Å². The van der Waals surface area contributed by atoms with Crippen molar-refractivity contribution < 1.29 is 38.0 Å². The lowest BCUT2D eigenvalue weighted by molar-refractivity contribution is -0.148. The van der Waals surface area contributed by atoms with E-state index in [1.165, 1.54) is 0 Å². The topological polar surface area (TPSA) is 89.5 Å². The fourth-order valence-corrected chi connectivity index (χ4v) is 4.19. The van der Waals surface area contributed by atoms with Crippen molar-refractivity contribution in [1.82, 2.24) is 0 Å². The Hall–Kier alpha value is -5.24. The van der Waals surface area contributed by atoms with Gasteiger partial charge in [0.05, 0.1) is 0 Å². The van der Waals surface area contributed by atoms with Crippen molar-refractivity contribution in [3.05, 3.63) is 121 Å².